The van der Waals surface area contributed by atoms with Gasteiger partial charge in [-0.3, -0.25) is 19.7 Å². The summed E-state index contributed by atoms with van der Waals surface area (Å²) in [6, 6.07) is 7.73. The molecule has 9 nitrogen and oxygen atoms in total. The Balaban J connectivity index is 1.65. The molecule has 0 atom stereocenters. The fraction of sp³-hybridized carbons (Fsp3) is 0.263. The summed E-state index contributed by atoms with van der Waals surface area (Å²) >= 11 is 0. The zero-order valence-electron chi connectivity index (χ0n) is 15.5. The lowest BCUT2D eigenvalue weighted by Gasteiger charge is -2.11. The predicted molar refractivity (Wildman–Crippen MR) is 99.7 cm³/mol. The molecule has 0 radical (unpaired) electrons. The molecule has 0 aliphatic carbocycles. The number of amides is 4. The standard InChI is InChI=1S/C19H21N3O6/c1-12-5-3-6-14(13(12)2)21-19(26)22-16(23)11-28-17(24)8-9-20-18(25)15-7-4-10-27-15/h3-7,10H,8-9,11H2,1-2H3,(H,20,25)(H2,21,22,23,26). The predicted octanol–water partition coefficient (Wildman–Crippen LogP) is 1.91. The Morgan fingerprint density at radius 1 is 1.07 bits per heavy atom. The minimum absolute atomic E-state index is 0.0209. The first-order valence-corrected chi connectivity index (χ1v) is 8.51. The minimum atomic E-state index is -0.768. The highest BCUT2D eigenvalue weighted by Crippen LogP contribution is 2.17. The van der Waals surface area contributed by atoms with Gasteiger partial charge in [0.15, 0.2) is 12.4 Å². The van der Waals surface area contributed by atoms with Crippen molar-refractivity contribution in [3.8, 4) is 0 Å². The lowest BCUT2D eigenvalue weighted by atomic mass is 10.1. The van der Waals surface area contributed by atoms with Gasteiger partial charge in [-0.15, -0.1) is 0 Å². The second kappa shape index (κ2) is 9.91. The highest BCUT2D eigenvalue weighted by Gasteiger charge is 2.13. The molecule has 0 fully saturated rings. The summed E-state index contributed by atoms with van der Waals surface area (Å²) in [6.45, 7) is 3.16. The van der Waals surface area contributed by atoms with Gasteiger partial charge in [0.1, 0.15) is 0 Å². The van der Waals surface area contributed by atoms with Crippen LogP contribution in [-0.2, 0) is 14.3 Å². The van der Waals surface area contributed by atoms with Gasteiger partial charge in [0.25, 0.3) is 11.8 Å². The van der Waals surface area contributed by atoms with Gasteiger partial charge in [-0.1, -0.05) is 12.1 Å². The van der Waals surface area contributed by atoms with E-state index in [0.29, 0.717) is 5.69 Å². The molecule has 0 spiro atoms. The van der Waals surface area contributed by atoms with Crippen molar-refractivity contribution in [2.24, 2.45) is 0 Å². The molecule has 0 aliphatic heterocycles. The number of furan rings is 1. The largest absolute Gasteiger partial charge is 0.459 e. The van der Waals surface area contributed by atoms with Gasteiger partial charge >= 0.3 is 12.0 Å². The van der Waals surface area contributed by atoms with Crippen molar-refractivity contribution in [2.45, 2.75) is 20.3 Å². The second-order valence-corrected chi connectivity index (χ2v) is 5.89. The number of aryl methyl sites for hydroxylation is 1. The smallest absolute Gasteiger partial charge is 0.325 e. The fourth-order valence-electron chi connectivity index (χ4n) is 2.19. The van der Waals surface area contributed by atoms with Crippen LogP contribution < -0.4 is 16.0 Å². The topological polar surface area (TPSA) is 127 Å². The Bertz CT molecular complexity index is 861. The number of urea groups is 1. The van der Waals surface area contributed by atoms with E-state index < -0.39 is 30.4 Å². The SMILES string of the molecule is Cc1cccc(NC(=O)NC(=O)COC(=O)CCNC(=O)c2ccco2)c1C. The molecule has 0 saturated carbocycles. The quantitative estimate of drug-likeness (QED) is 0.623. The maximum absolute atomic E-state index is 11.9. The maximum Gasteiger partial charge on any atom is 0.325 e. The highest BCUT2D eigenvalue weighted by molar-refractivity contribution is 6.02. The van der Waals surface area contributed by atoms with E-state index in [0.717, 1.165) is 11.1 Å². The highest BCUT2D eigenvalue weighted by atomic mass is 16.5. The summed E-state index contributed by atoms with van der Waals surface area (Å²) in [5.74, 6) is -1.79. The lowest BCUT2D eigenvalue weighted by molar-refractivity contribution is -0.148. The monoisotopic (exact) mass is 387 g/mol. The van der Waals surface area contributed by atoms with Crippen LogP contribution in [0.3, 0.4) is 0 Å². The number of carbonyl (C=O) groups is 4. The molecule has 1 heterocycles. The van der Waals surface area contributed by atoms with Crippen LogP contribution in [-0.4, -0.2) is 37.0 Å². The van der Waals surface area contributed by atoms with Gasteiger partial charge in [-0.05, 0) is 43.2 Å². The van der Waals surface area contributed by atoms with Gasteiger partial charge < -0.3 is 19.8 Å². The number of rotatable bonds is 7. The number of hydrogen-bond donors (Lipinski definition) is 3. The van der Waals surface area contributed by atoms with Crippen molar-refractivity contribution < 1.29 is 28.3 Å². The minimum Gasteiger partial charge on any atom is -0.459 e. The van der Waals surface area contributed by atoms with Crippen LogP contribution >= 0.6 is 0 Å². The molecule has 4 amide bonds. The second-order valence-electron chi connectivity index (χ2n) is 5.89. The maximum atomic E-state index is 11.9. The van der Waals surface area contributed by atoms with Crippen LogP contribution in [0.1, 0.15) is 28.1 Å². The third-order valence-electron chi connectivity index (χ3n) is 3.83. The number of esters is 1. The van der Waals surface area contributed by atoms with E-state index in [-0.39, 0.29) is 18.7 Å². The number of carbonyl (C=O) groups excluding carboxylic acids is 4. The van der Waals surface area contributed by atoms with Crippen LogP contribution in [0.4, 0.5) is 10.5 Å². The van der Waals surface area contributed by atoms with E-state index in [2.05, 4.69) is 16.0 Å². The van der Waals surface area contributed by atoms with Gasteiger partial charge in [0.2, 0.25) is 0 Å². The third-order valence-corrected chi connectivity index (χ3v) is 3.83. The van der Waals surface area contributed by atoms with Gasteiger partial charge in [0, 0.05) is 12.2 Å². The summed E-state index contributed by atoms with van der Waals surface area (Å²) in [5, 5.41) is 7.11. The van der Waals surface area contributed by atoms with Crippen LogP contribution in [0, 0.1) is 13.8 Å². The first-order chi connectivity index (χ1) is 13.4. The van der Waals surface area contributed by atoms with Crippen LogP contribution in [0.25, 0.3) is 0 Å². The molecule has 3 N–H and O–H groups in total. The first-order valence-electron chi connectivity index (χ1n) is 8.51. The van der Waals surface area contributed by atoms with Crippen LogP contribution in [0.15, 0.2) is 41.0 Å². The zero-order valence-corrected chi connectivity index (χ0v) is 15.5. The fourth-order valence-corrected chi connectivity index (χ4v) is 2.19. The summed E-state index contributed by atoms with van der Waals surface area (Å²) < 4.78 is 9.67. The summed E-state index contributed by atoms with van der Waals surface area (Å²) in [6.07, 6.45) is 1.23. The van der Waals surface area contributed by atoms with Crippen molar-refractivity contribution in [2.75, 3.05) is 18.5 Å². The molecule has 1 aromatic carbocycles. The molecular formula is C19H21N3O6. The summed E-state index contributed by atoms with van der Waals surface area (Å²) in [5.41, 5.74) is 2.46. The Labute approximate surface area is 161 Å². The number of ether oxygens (including phenoxy) is 1. The van der Waals surface area contributed by atoms with Crippen molar-refractivity contribution in [3.63, 3.8) is 0 Å². The van der Waals surface area contributed by atoms with E-state index in [1.54, 1.807) is 18.2 Å². The van der Waals surface area contributed by atoms with Crippen molar-refractivity contribution in [1.29, 1.82) is 0 Å². The van der Waals surface area contributed by atoms with E-state index in [1.807, 2.05) is 19.9 Å². The third kappa shape index (κ3) is 6.27. The molecule has 9 heteroatoms. The van der Waals surface area contributed by atoms with E-state index >= 15 is 0 Å². The Morgan fingerprint density at radius 3 is 2.57 bits per heavy atom. The van der Waals surface area contributed by atoms with E-state index in [9.17, 15) is 19.2 Å². The molecule has 2 rings (SSSR count). The van der Waals surface area contributed by atoms with E-state index in [4.69, 9.17) is 9.15 Å². The molecule has 0 bridgehead atoms. The summed E-state index contributed by atoms with van der Waals surface area (Å²) in [4.78, 5) is 46.8. The van der Waals surface area contributed by atoms with E-state index in [1.165, 1.54) is 12.3 Å². The van der Waals surface area contributed by atoms with Crippen molar-refractivity contribution in [1.82, 2.24) is 10.6 Å². The van der Waals surface area contributed by atoms with Crippen LogP contribution in [0.5, 0.6) is 0 Å². The van der Waals surface area contributed by atoms with Gasteiger partial charge in [-0.2, -0.15) is 0 Å². The molecular weight excluding hydrogens is 366 g/mol. The van der Waals surface area contributed by atoms with Gasteiger partial charge in [0.05, 0.1) is 12.7 Å². The molecule has 0 aliphatic rings. The number of hydrogen-bond acceptors (Lipinski definition) is 6. The zero-order chi connectivity index (χ0) is 20.5. The van der Waals surface area contributed by atoms with Crippen LogP contribution in [0.2, 0.25) is 0 Å². The molecule has 0 saturated heterocycles. The number of anilines is 1. The Kier molecular flexibility index (Phi) is 7.32. The Morgan fingerprint density at radius 2 is 1.86 bits per heavy atom. The molecule has 28 heavy (non-hydrogen) atoms. The van der Waals surface area contributed by atoms with Crippen molar-refractivity contribution >= 4 is 29.5 Å². The molecule has 1 aromatic heterocycles. The molecule has 148 valence electrons. The van der Waals surface area contributed by atoms with Gasteiger partial charge in [-0.25, -0.2) is 4.79 Å². The molecule has 0 unspecified atom stereocenters. The first kappa shape index (κ1) is 20.7. The summed E-state index contributed by atoms with van der Waals surface area (Å²) in [7, 11) is 0. The average Bonchev–Trinajstić information content (AvgIpc) is 3.18. The average molecular weight is 387 g/mol. The number of imide groups is 1. The Hall–Kier alpha value is -3.62. The number of nitrogens with one attached hydrogen (secondary N) is 3. The molecule has 2 aromatic rings. The van der Waals surface area contributed by atoms with Crippen molar-refractivity contribution in [3.05, 3.63) is 53.5 Å². The number of benzene rings is 1. The normalized spacial score (nSPS) is 10.1. The lowest BCUT2D eigenvalue weighted by Crippen LogP contribution is -2.37.